The second kappa shape index (κ2) is 7.74. The molecular formula is C20H20N2O4. The number of methoxy groups -OCH3 is 1. The first-order valence-electron chi connectivity index (χ1n) is 8.31. The number of ether oxygens (including phenoxy) is 2. The first-order valence-corrected chi connectivity index (χ1v) is 8.31. The molecule has 0 unspecified atom stereocenters. The van der Waals surface area contributed by atoms with Gasteiger partial charge in [0.05, 0.1) is 25.1 Å². The van der Waals surface area contributed by atoms with E-state index in [-0.39, 0.29) is 18.4 Å². The summed E-state index contributed by atoms with van der Waals surface area (Å²) >= 11 is 0. The van der Waals surface area contributed by atoms with E-state index in [1.54, 1.807) is 37.5 Å². The van der Waals surface area contributed by atoms with Crippen LogP contribution in [0.2, 0.25) is 0 Å². The molecule has 1 heterocycles. The Morgan fingerprint density at radius 1 is 1.23 bits per heavy atom. The molecule has 0 fully saturated rings. The van der Waals surface area contributed by atoms with Gasteiger partial charge in [0.25, 0.3) is 5.91 Å². The van der Waals surface area contributed by atoms with Gasteiger partial charge >= 0.3 is 0 Å². The Morgan fingerprint density at radius 2 is 2.04 bits per heavy atom. The Bertz CT molecular complexity index is 861. The molecule has 26 heavy (non-hydrogen) atoms. The third-order valence-corrected chi connectivity index (χ3v) is 3.94. The molecule has 0 atom stereocenters. The van der Waals surface area contributed by atoms with Gasteiger partial charge in [-0.05, 0) is 42.8 Å². The molecule has 6 heteroatoms. The van der Waals surface area contributed by atoms with Gasteiger partial charge in [0.2, 0.25) is 5.91 Å². The maximum atomic E-state index is 12.6. The van der Waals surface area contributed by atoms with E-state index in [1.165, 1.54) is 11.0 Å². The van der Waals surface area contributed by atoms with E-state index in [9.17, 15) is 9.59 Å². The predicted molar refractivity (Wildman–Crippen MR) is 101 cm³/mol. The predicted octanol–water partition coefficient (Wildman–Crippen LogP) is 3.09. The maximum absolute atomic E-state index is 12.6. The zero-order chi connectivity index (χ0) is 18.5. The highest BCUT2D eigenvalue weighted by molar-refractivity contribution is 6.13. The molecule has 0 saturated carbocycles. The number of benzene rings is 2. The van der Waals surface area contributed by atoms with E-state index in [0.717, 1.165) is 5.56 Å². The number of carbonyl (C=O) groups excluding carboxylic acids is 2. The molecular weight excluding hydrogens is 332 g/mol. The summed E-state index contributed by atoms with van der Waals surface area (Å²) in [5.74, 6) is 0.776. The number of fused-ring (bicyclic) bond motifs is 1. The van der Waals surface area contributed by atoms with Crippen molar-refractivity contribution in [2.75, 3.05) is 30.5 Å². The average molecular weight is 352 g/mol. The normalized spacial score (nSPS) is 13.3. The average Bonchev–Trinajstić information content (AvgIpc) is 2.66. The molecule has 2 aromatic carbocycles. The number of nitrogens with one attached hydrogen (secondary N) is 1. The number of hydrogen-bond donors (Lipinski definition) is 1. The first-order chi connectivity index (χ1) is 12.6. The van der Waals surface area contributed by atoms with Crippen molar-refractivity contribution in [2.24, 2.45) is 0 Å². The molecule has 1 aliphatic heterocycles. The van der Waals surface area contributed by atoms with Crippen LogP contribution in [0.4, 0.5) is 11.4 Å². The number of rotatable bonds is 5. The second-order valence-corrected chi connectivity index (χ2v) is 5.67. The molecule has 2 amide bonds. The number of para-hydroxylation sites is 2. The molecule has 1 N–H and O–H groups in total. The SMILES string of the molecule is CCOc1ccc(/C=C/C(=O)N2CC(=O)Nc3ccccc32)cc1OC. The molecule has 0 aromatic heterocycles. The summed E-state index contributed by atoms with van der Waals surface area (Å²) in [6.45, 7) is 2.44. The Morgan fingerprint density at radius 3 is 2.81 bits per heavy atom. The second-order valence-electron chi connectivity index (χ2n) is 5.67. The zero-order valence-corrected chi connectivity index (χ0v) is 14.7. The summed E-state index contributed by atoms with van der Waals surface area (Å²) in [7, 11) is 1.57. The van der Waals surface area contributed by atoms with Crippen LogP contribution in [0.1, 0.15) is 12.5 Å². The number of anilines is 2. The molecule has 0 radical (unpaired) electrons. The van der Waals surface area contributed by atoms with Crippen molar-refractivity contribution in [3.63, 3.8) is 0 Å². The van der Waals surface area contributed by atoms with Crippen LogP contribution in [0.3, 0.4) is 0 Å². The lowest BCUT2D eigenvalue weighted by molar-refractivity contribution is -0.119. The van der Waals surface area contributed by atoms with E-state index < -0.39 is 0 Å². The van der Waals surface area contributed by atoms with Gasteiger partial charge in [-0.3, -0.25) is 14.5 Å². The van der Waals surface area contributed by atoms with Crippen LogP contribution in [-0.4, -0.2) is 32.1 Å². The Kier molecular flexibility index (Phi) is 5.22. The monoisotopic (exact) mass is 352 g/mol. The van der Waals surface area contributed by atoms with Gasteiger partial charge in [-0.25, -0.2) is 0 Å². The zero-order valence-electron chi connectivity index (χ0n) is 14.7. The van der Waals surface area contributed by atoms with Crippen LogP contribution in [0.15, 0.2) is 48.5 Å². The van der Waals surface area contributed by atoms with Crippen LogP contribution >= 0.6 is 0 Å². The van der Waals surface area contributed by atoms with E-state index in [4.69, 9.17) is 9.47 Å². The quantitative estimate of drug-likeness (QED) is 0.840. The smallest absolute Gasteiger partial charge is 0.251 e. The van der Waals surface area contributed by atoms with Crippen LogP contribution in [0.5, 0.6) is 11.5 Å². The molecule has 0 saturated heterocycles. The number of nitrogens with zero attached hydrogens (tertiary/aromatic N) is 1. The van der Waals surface area contributed by atoms with E-state index >= 15 is 0 Å². The molecule has 2 aromatic rings. The van der Waals surface area contributed by atoms with E-state index in [1.807, 2.05) is 25.1 Å². The first kappa shape index (κ1) is 17.5. The van der Waals surface area contributed by atoms with E-state index in [2.05, 4.69) is 5.32 Å². The van der Waals surface area contributed by atoms with Gasteiger partial charge in [-0.1, -0.05) is 18.2 Å². The largest absolute Gasteiger partial charge is 0.493 e. The molecule has 3 rings (SSSR count). The summed E-state index contributed by atoms with van der Waals surface area (Å²) in [6.07, 6.45) is 3.14. The third-order valence-electron chi connectivity index (χ3n) is 3.94. The lowest BCUT2D eigenvalue weighted by atomic mass is 10.1. The van der Waals surface area contributed by atoms with E-state index in [0.29, 0.717) is 29.5 Å². The minimum absolute atomic E-state index is 0.00716. The minimum Gasteiger partial charge on any atom is -0.493 e. The van der Waals surface area contributed by atoms with Crippen LogP contribution in [0, 0.1) is 0 Å². The summed E-state index contributed by atoms with van der Waals surface area (Å²) in [4.78, 5) is 25.9. The van der Waals surface area contributed by atoms with Gasteiger partial charge < -0.3 is 14.8 Å². The van der Waals surface area contributed by atoms with Crippen molar-refractivity contribution in [1.29, 1.82) is 0 Å². The van der Waals surface area contributed by atoms with Crippen molar-refractivity contribution in [2.45, 2.75) is 6.92 Å². The van der Waals surface area contributed by atoms with Crippen LogP contribution in [-0.2, 0) is 9.59 Å². The highest BCUT2D eigenvalue weighted by atomic mass is 16.5. The summed E-state index contributed by atoms with van der Waals surface area (Å²) in [5, 5.41) is 2.76. The Hall–Kier alpha value is -3.28. The highest BCUT2D eigenvalue weighted by Crippen LogP contribution is 2.30. The minimum atomic E-state index is -0.264. The molecule has 134 valence electrons. The van der Waals surface area contributed by atoms with Crippen molar-refractivity contribution in [1.82, 2.24) is 0 Å². The van der Waals surface area contributed by atoms with Gasteiger partial charge in [-0.15, -0.1) is 0 Å². The molecule has 0 spiro atoms. The van der Waals surface area contributed by atoms with Crippen molar-refractivity contribution in [3.8, 4) is 11.5 Å². The van der Waals surface area contributed by atoms with Crippen LogP contribution < -0.4 is 19.7 Å². The van der Waals surface area contributed by atoms with Crippen molar-refractivity contribution >= 4 is 29.3 Å². The summed E-state index contributed by atoms with van der Waals surface area (Å²) in [6, 6.07) is 12.7. The van der Waals surface area contributed by atoms with Gasteiger partial charge in [-0.2, -0.15) is 0 Å². The summed E-state index contributed by atoms with van der Waals surface area (Å²) in [5.41, 5.74) is 2.12. The van der Waals surface area contributed by atoms with Gasteiger partial charge in [0, 0.05) is 6.08 Å². The number of carbonyl (C=O) groups is 2. The number of hydrogen-bond acceptors (Lipinski definition) is 4. The fourth-order valence-electron chi connectivity index (χ4n) is 2.75. The fourth-order valence-corrected chi connectivity index (χ4v) is 2.75. The van der Waals surface area contributed by atoms with Crippen molar-refractivity contribution < 1.29 is 19.1 Å². The highest BCUT2D eigenvalue weighted by Gasteiger charge is 2.25. The van der Waals surface area contributed by atoms with Crippen molar-refractivity contribution in [3.05, 3.63) is 54.1 Å². The maximum Gasteiger partial charge on any atom is 0.251 e. The fraction of sp³-hybridized carbons (Fsp3) is 0.200. The lowest BCUT2D eigenvalue weighted by Gasteiger charge is -2.28. The summed E-state index contributed by atoms with van der Waals surface area (Å²) < 4.78 is 10.8. The molecule has 1 aliphatic rings. The molecule has 0 aliphatic carbocycles. The third kappa shape index (κ3) is 3.69. The standard InChI is InChI=1S/C20H20N2O4/c1-3-26-17-10-8-14(12-18(17)25-2)9-11-20(24)22-13-19(23)21-15-6-4-5-7-16(15)22/h4-12H,3,13H2,1-2H3,(H,21,23)/b11-9+. The Labute approximate surface area is 152 Å². The topological polar surface area (TPSA) is 67.9 Å². The van der Waals surface area contributed by atoms with Crippen LogP contribution in [0.25, 0.3) is 6.08 Å². The molecule has 6 nitrogen and oxygen atoms in total. The Balaban J connectivity index is 1.81. The molecule has 0 bridgehead atoms. The lowest BCUT2D eigenvalue weighted by Crippen LogP contribution is -2.41. The number of amides is 2. The van der Waals surface area contributed by atoms with Gasteiger partial charge in [0.15, 0.2) is 11.5 Å². The van der Waals surface area contributed by atoms with Gasteiger partial charge in [0.1, 0.15) is 6.54 Å².